The van der Waals surface area contributed by atoms with Crippen LogP contribution >= 0.6 is 0 Å². The van der Waals surface area contributed by atoms with Crippen LogP contribution in [-0.4, -0.2) is 58.4 Å². The van der Waals surface area contributed by atoms with Crippen molar-refractivity contribution >= 4 is 11.9 Å². The number of carbonyl (C=O) groups is 2. The molecule has 4 heterocycles. The van der Waals surface area contributed by atoms with Crippen LogP contribution in [0.1, 0.15) is 47.3 Å². The van der Waals surface area contributed by atoms with E-state index in [2.05, 4.69) is 42.9 Å². The van der Waals surface area contributed by atoms with E-state index < -0.39 is 17.9 Å². The van der Waals surface area contributed by atoms with Gasteiger partial charge in [-0.05, 0) is 46.7 Å². The molecule has 1 aromatic carbocycles. The van der Waals surface area contributed by atoms with Gasteiger partial charge in [-0.15, -0.1) is 5.10 Å². The van der Waals surface area contributed by atoms with Crippen LogP contribution in [0.25, 0.3) is 22.6 Å². The second-order valence-electron chi connectivity index (χ2n) is 9.33. The van der Waals surface area contributed by atoms with Crippen molar-refractivity contribution in [3.8, 4) is 22.6 Å². The van der Waals surface area contributed by atoms with E-state index in [0.717, 1.165) is 40.9 Å². The third-order valence-electron chi connectivity index (χ3n) is 6.35. The molecule has 204 valence electrons. The third kappa shape index (κ3) is 6.29. The number of hydrogen-bond acceptors (Lipinski definition) is 8. The van der Waals surface area contributed by atoms with E-state index in [4.69, 9.17) is 4.42 Å². The molecule has 0 spiro atoms. The van der Waals surface area contributed by atoms with Gasteiger partial charge in [-0.2, -0.15) is 5.10 Å². The molecule has 0 saturated carbocycles. The Labute approximate surface area is 229 Å². The Hall–Kier alpha value is -5.13. The van der Waals surface area contributed by atoms with Crippen LogP contribution in [0.4, 0.5) is 0 Å². The fourth-order valence-corrected chi connectivity index (χ4v) is 4.51. The van der Waals surface area contributed by atoms with Crippen LogP contribution < -0.4 is 5.32 Å². The fourth-order valence-electron chi connectivity index (χ4n) is 4.51. The van der Waals surface area contributed by atoms with E-state index >= 15 is 0 Å². The van der Waals surface area contributed by atoms with Crippen LogP contribution in [0, 0.1) is 0 Å². The molecule has 4 aromatic heterocycles. The first-order valence-electron chi connectivity index (χ1n) is 12.9. The molecular weight excluding hydrogens is 512 g/mol. The van der Waals surface area contributed by atoms with Gasteiger partial charge in [0.15, 0.2) is 5.82 Å². The van der Waals surface area contributed by atoms with Gasteiger partial charge >= 0.3 is 5.97 Å². The van der Waals surface area contributed by atoms with Gasteiger partial charge in [-0.1, -0.05) is 43.7 Å². The predicted octanol–water partition coefficient (Wildman–Crippen LogP) is 3.53. The number of aromatic nitrogens is 7. The number of pyridine rings is 1. The molecule has 0 aliphatic rings. The predicted molar refractivity (Wildman–Crippen MR) is 144 cm³/mol. The molecule has 0 bridgehead atoms. The summed E-state index contributed by atoms with van der Waals surface area (Å²) in [5.41, 5.74) is 4.55. The Morgan fingerprint density at radius 3 is 2.65 bits per heavy atom. The zero-order chi connectivity index (χ0) is 27.9. The topological polar surface area (TPSA) is 165 Å². The van der Waals surface area contributed by atoms with Crippen molar-refractivity contribution in [1.82, 2.24) is 40.7 Å². The summed E-state index contributed by atoms with van der Waals surface area (Å²) in [5, 5.41) is 30.8. The van der Waals surface area contributed by atoms with E-state index in [1.807, 2.05) is 36.4 Å². The van der Waals surface area contributed by atoms with Crippen molar-refractivity contribution in [3.63, 3.8) is 0 Å². The number of aryl methyl sites for hydroxylation is 1. The number of carboxylic acids is 1. The highest BCUT2D eigenvalue weighted by Gasteiger charge is 2.21. The lowest BCUT2D eigenvalue weighted by atomic mass is 10.0. The number of rotatable bonds is 12. The second-order valence-corrected chi connectivity index (χ2v) is 9.33. The minimum atomic E-state index is -1.01. The maximum absolute atomic E-state index is 13.1. The highest BCUT2D eigenvalue weighted by molar-refractivity contribution is 5.92. The Balaban J connectivity index is 1.33. The van der Waals surface area contributed by atoms with Crippen molar-refractivity contribution < 1.29 is 19.1 Å². The molecule has 12 heteroatoms. The molecule has 0 aliphatic heterocycles. The zero-order valence-corrected chi connectivity index (χ0v) is 21.8. The summed E-state index contributed by atoms with van der Waals surface area (Å²) in [7, 11) is 0. The normalized spacial score (nSPS) is 11.8. The molecule has 5 aromatic rings. The molecule has 0 fully saturated rings. The number of aromatic amines is 1. The summed E-state index contributed by atoms with van der Waals surface area (Å²) < 4.78 is 7.13. The summed E-state index contributed by atoms with van der Waals surface area (Å²) in [6.45, 7) is 2.48. The van der Waals surface area contributed by atoms with Gasteiger partial charge in [0.25, 0.3) is 5.91 Å². The maximum atomic E-state index is 13.1. The first kappa shape index (κ1) is 26.5. The molecule has 1 amide bonds. The number of furan rings is 1. The van der Waals surface area contributed by atoms with E-state index in [-0.39, 0.29) is 18.5 Å². The van der Waals surface area contributed by atoms with Crippen molar-refractivity contribution in [1.29, 1.82) is 0 Å². The Kier molecular flexibility index (Phi) is 8.05. The van der Waals surface area contributed by atoms with Crippen LogP contribution in [-0.2, 0) is 24.2 Å². The lowest BCUT2D eigenvalue weighted by Gasteiger charge is -2.15. The lowest BCUT2D eigenvalue weighted by molar-refractivity contribution is -0.137. The number of H-pyrrole nitrogens is 1. The molecule has 40 heavy (non-hydrogen) atoms. The van der Waals surface area contributed by atoms with Crippen molar-refractivity contribution in [2.75, 3.05) is 0 Å². The lowest BCUT2D eigenvalue weighted by Crippen LogP contribution is -2.38. The molecule has 12 nitrogen and oxygen atoms in total. The second kappa shape index (κ2) is 12.2. The Morgan fingerprint density at radius 1 is 1.12 bits per heavy atom. The summed E-state index contributed by atoms with van der Waals surface area (Å²) >= 11 is 0. The molecule has 0 aliphatic carbocycles. The molecular formula is C28H28N8O4. The van der Waals surface area contributed by atoms with Gasteiger partial charge in [0.1, 0.15) is 11.5 Å². The number of carboxylic acid groups (broad SMARTS) is 1. The van der Waals surface area contributed by atoms with Crippen LogP contribution in [0.2, 0.25) is 0 Å². The third-order valence-corrected chi connectivity index (χ3v) is 6.35. The Bertz CT molecular complexity index is 1560. The highest BCUT2D eigenvalue weighted by Crippen LogP contribution is 2.28. The van der Waals surface area contributed by atoms with Crippen LogP contribution in [0.5, 0.6) is 0 Å². The SMILES string of the molecule is CCCc1cc(C(=O)N[C@@H](CC(=O)O)Cc2ccco2)nn1Cc1ccc(-c2ccccc2-c2nnn[nH]2)nc1. The zero-order valence-electron chi connectivity index (χ0n) is 21.8. The fraction of sp³-hybridized carbons (Fsp3) is 0.250. The minimum Gasteiger partial charge on any atom is -0.481 e. The first-order chi connectivity index (χ1) is 19.5. The molecule has 5 rings (SSSR count). The first-order valence-corrected chi connectivity index (χ1v) is 12.9. The minimum absolute atomic E-state index is 0.233. The highest BCUT2D eigenvalue weighted by atomic mass is 16.4. The van der Waals surface area contributed by atoms with E-state index in [0.29, 0.717) is 18.1 Å². The number of carbonyl (C=O) groups excluding carboxylic acids is 1. The number of hydrogen-bond donors (Lipinski definition) is 3. The summed E-state index contributed by atoms with van der Waals surface area (Å²) in [4.78, 5) is 29.1. The van der Waals surface area contributed by atoms with Gasteiger partial charge < -0.3 is 14.8 Å². The van der Waals surface area contributed by atoms with Gasteiger partial charge in [-0.25, -0.2) is 5.10 Å². The molecule has 3 N–H and O–H groups in total. The average Bonchev–Trinajstić information content (AvgIpc) is 3.73. The van der Waals surface area contributed by atoms with Crippen molar-refractivity contribution in [2.24, 2.45) is 0 Å². The summed E-state index contributed by atoms with van der Waals surface area (Å²) in [6.07, 6.45) is 4.94. The number of nitrogens with one attached hydrogen (secondary N) is 2. The smallest absolute Gasteiger partial charge is 0.305 e. The number of benzene rings is 1. The maximum Gasteiger partial charge on any atom is 0.305 e. The van der Waals surface area contributed by atoms with Crippen molar-refractivity contribution in [2.45, 2.75) is 45.2 Å². The van der Waals surface area contributed by atoms with E-state index in [1.165, 1.54) is 6.26 Å². The Morgan fingerprint density at radius 2 is 1.98 bits per heavy atom. The number of amides is 1. The van der Waals surface area contributed by atoms with Gasteiger partial charge in [0, 0.05) is 35.5 Å². The van der Waals surface area contributed by atoms with E-state index in [9.17, 15) is 14.7 Å². The van der Waals surface area contributed by atoms with Gasteiger partial charge in [0.05, 0.1) is 24.9 Å². The molecule has 1 atom stereocenters. The largest absolute Gasteiger partial charge is 0.481 e. The number of aliphatic carboxylic acids is 1. The molecule has 0 unspecified atom stereocenters. The monoisotopic (exact) mass is 540 g/mol. The van der Waals surface area contributed by atoms with Crippen molar-refractivity contribution in [3.05, 3.63) is 89.8 Å². The molecule has 0 saturated heterocycles. The summed E-state index contributed by atoms with van der Waals surface area (Å²) in [5.74, 6) is -0.284. The van der Waals surface area contributed by atoms with Gasteiger partial charge in [-0.3, -0.25) is 19.3 Å². The summed E-state index contributed by atoms with van der Waals surface area (Å²) in [6, 6.07) is 16.2. The number of nitrogens with zero attached hydrogens (tertiary/aromatic N) is 6. The molecule has 0 radical (unpaired) electrons. The van der Waals surface area contributed by atoms with Gasteiger partial charge in [0.2, 0.25) is 0 Å². The number of tetrazole rings is 1. The quantitative estimate of drug-likeness (QED) is 0.215. The standard InChI is InChI=1S/C28H28N8O4/c1-2-6-20-15-25(28(39)30-19(14-26(37)38)13-21-7-5-12-40-21)33-36(20)17-18-10-11-24(29-16-18)22-8-3-4-9-23(22)27-31-34-35-32-27/h3-5,7-12,15-16,19H,2,6,13-14,17H2,1H3,(H,30,39)(H,37,38)(H,31,32,34,35)/t19-/m1/s1. The van der Waals surface area contributed by atoms with Crippen LogP contribution in [0.15, 0.2) is 71.5 Å². The van der Waals surface area contributed by atoms with Crippen LogP contribution in [0.3, 0.4) is 0 Å². The average molecular weight is 541 g/mol. The van der Waals surface area contributed by atoms with E-state index in [1.54, 1.807) is 29.1 Å².